The first-order valence-electron chi connectivity index (χ1n) is 7.03. The van der Waals surface area contributed by atoms with Crippen molar-refractivity contribution in [3.8, 4) is 0 Å². The van der Waals surface area contributed by atoms with Gasteiger partial charge in [0.05, 0.1) is 0 Å². The molecule has 2 rings (SSSR count). The molecule has 2 aromatic rings. The lowest BCUT2D eigenvalue weighted by Crippen LogP contribution is -1.73. The molecule has 0 unspecified atom stereocenters. The van der Waals surface area contributed by atoms with Crippen LogP contribution in [0.25, 0.3) is 0 Å². The van der Waals surface area contributed by atoms with Crippen LogP contribution in [0, 0.1) is 55.4 Å². The highest BCUT2D eigenvalue weighted by atomic mass is 31.1. The smallest absolute Gasteiger partial charge is 0.0256 e. The third kappa shape index (κ3) is 2.24. The molecule has 2 heterocycles. The molecular weight excluding hydrogens is 266 g/mol. The predicted octanol–water partition coefficient (Wildman–Crippen LogP) is 6.63. The molecule has 2 aromatic heterocycles. The number of rotatable bonds is 2. The molecule has 0 fully saturated rings. The topological polar surface area (TPSA) is 0 Å². The summed E-state index contributed by atoms with van der Waals surface area (Å²) in [7, 11) is -0.0578. The van der Waals surface area contributed by atoms with Crippen LogP contribution in [0.5, 0.6) is 0 Å². The van der Waals surface area contributed by atoms with Crippen molar-refractivity contribution in [3.05, 3.63) is 43.4 Å². The Morgan fingerprint density at radius 3 is 0.895 bits per heavy atom. The highest BCUT2D eigenvalue weighted by Gasteiger charge is 2.17. The van der Waals surface area contributed by atoms with Crippen LogP contribution in [0.15, 0.2) is 0 Å². The van der Waals surface area contributed by atoms with E-state index in [0.717, 1.165) is 0 Å². The molecule has 0 aliphatic rings. The van der Waals surface area contributed by atoms with E-state index in [1.54, 1.807) is 43.4 Å². The van der Waals surface area contributed by atoms with Crippen LogP contribution in [0.4, 0.5) is 0 Å². The van der Waals surface area contributed by atoms with Gasteiger partial charge in [-0.25, -0.2) is 0 Å². The Bertz CT molecular complexity index is 532. The molecule has 0 spiro atoms. The second-order valence-corrected chi connectivity index (χ2v) is 11.4. The van der Waals surface area contributed by atoms with Crippen LogP contribution in [0.2, 0.25) is 0 Å². The van der Waals surface area contributed by atoms with E-state index in [9.17, 15) is 0 Å². The second-order valence-electron chi connectivity index (χ2n) is 5.84. The van der Waals surface area contributed by atoms with Gasteiger partial charge in [0.1, 0.15) is 0 Å². The van der Waals surface area contributed by atoms with Crippen LogP contribution in [-0.4, -0.2) is 0 Å². The van der Waals surface area contributed by atoms with Gasteiger partial charge in [0, 0.05) is 5.90 Å². The molecule has 0 nitrogen and oxygen atoms in total. The zero-order valence-corrected chi connectivity index (χ0v) is 15.4. The van der Waals surface area contributed by atoms with Gasteiger partial charge >= 0.3 is 0 Å². The zero-order valence-electron chi connectivity index (χ0n) is 13.6. The Balaban J connectivity index is 2.54. The van der Waals surface area contributed by atoms with Gasteiger partial charge in [-0.1, -0.05) is 0 Å². The van der Waals surface area contributed by atoms with Gasteiger partial charge in [0.2, 0.25) is 0 Å². The van der Waals surface area contributed by atoms with Gasteiger partial charge in [-0.3, -0.25) is 0 Å². The van der Waals surface area contributed by atoms with Gasteiger partial charge in [-0.15, -0.1) is 15.1 Å². The molecule has 0 saturated heterocycles. The molecule has 0 radical (unpaired) electrons. The minimum atomic E-state index is -0.0289. The van der Waals surface area contributed by atoms with Crippen molar-refractivity contribution in [1.29, 1.82) is 0 Å². The van der Waals surface area contributed by atoms with Crippen LogP contribution in [0.1, 0.15) is 43.4 Å². The zero-order chi connectivity index (χ0) is 14.5. The van der Waals surface area contributed by atoms with Crippen molar-refractivity contribution >= 4 is 15.1 Å². The molecule has 104 valence electrons. The summed E-state index contributed by atoms with van der Waals surface area (Å²) in [5.41, 5.74) is 6.26. The molecule has 2 heteroatoms. The summed E-state index contributed by atoms with van der Waals surface area (Å²) in [6.07, 6.45) is 0. The second kappa shape index (κ2) is 5.16. The van der Waals surface area contributed by atoms with Gasteiger partial charge in [0.15, 0.2) is 0 Å². The minimum absolute atomic E-state index is 0.0289. The largest absolute Gasteiger partial charge is 0.110 e. The monoisotopic (exact) mass is 292 g/mol. The Labute approximate surface area is 120 Å². The quantitative estimate of drug-likeness (QED) is 0.582. The molecule has 0 amide bonds. The van der Waals surface area contributed by atoms with Crippen molar-refractivity contribution in [3.63, 3.8) is 0 Å². The van der Waals surface area contributed by atoms with Crippen LogP contribution < -0.4 is 0 Å². The molecule has 0 saturated carbocycles. The third-order valence-corrected chi connectivity index (χ3v) is 12.0. The summed E-state index contributed by atoms with van der Waals surface area (Å²) < 4.78 is 0. The normalized spacial score (nSPS) is 11.4. The summed E-state index contributed by atoms with van der Waals surface area (Å²) in [5, 5.41) is 6.70. The molecule has 0 aromatic carbocycles. The van der Waals surface area contributed by atoms with Gasteiger partial charge < -0.3 is 0 Å². The lowest BCUT2D eigenvalue weighted by atomic mass is 10.2. The predicted molar refractivity (Wildman–Crippen MR) is 91.6 cm³/mol. The summed E-state index contributed by atoms with van der Waals surface area (Å²) in [4.78, 5) is 0. The van der Waals surface area contributed by atoms with Crippen molar-refractivity contribution in [1.82, 2.24) is 0 Å². The standard InChI is InChI=1S/C17H26P2/c1-10-11(2)15(6)18(14(10)5)9-19-16(7)12(3)13(4)17(19)8/h9H2,1-8H3. The van der Waals surface area contributed by atoms with Gasteiger partial charge in [-0.05, 0) is 98.8 Å². The molecule has 0 aliphatic heterocycles. The summed E-state index contributed by atoms with van der Waals surface area (Å²) in [6.45, 7) is 18.7. The fraction of sp³-hybridized carbons (Fsp3) is 0.529. The summed E-state index contributed by atoms with van der Waals surface area (Å²) in [5.74, 6) is 1.39. The van der Waals surface area contributed by atoms with E-state index in [1.165, 1.54) is 5.90 Å². The number of hydrogen-bond donors (Lipinski definition) is 0. The molecule has 0 bridgehead atoms. The Morgan fingerprint density at radius 1 is 0.474 bits per heavy atom. The lowest BCUT2D eigenvalue weighted by molar-refractivity contribution is 1.32. The average molecular weight is 292 g/mol. The van der Waals surface area contributed by atoms with Crippen molar-refractivity contribution < 1.29 is 0 Å². The third-order valence-electron chi connectivity index (χ3n) is 5.20. The lowest BCUT2D eigenvalue weighted by Gasteiger charge is -2.09. The Hall–Kier alpha value is -0.440. The van der Waals surface area contributed by atoms with Crippen molar-refractivity contribution in [2.45, 2.75) is 61.3 Å². The molecule has 19 heavy (non-hydrogen) atoms. The average Bonchev–Trinajstić information content (AvgIpc) is 2.68. The van der Waals surface area contributed by atoms with Crippen LogP contribution in [0.3, 0.4) is 0 Å². The first-order chi connectivity index (χ1) is 8.77. The van der Waals surface area contributed by atoms with E-state index in [4.69, 9.17) is 0 Å². The minimum Gasteiger partial charge on any atom is -0.110 e. The highest BCUT2D eigenvalue weighted by molar-refractivity contribution is 7.67. The first kappa shape index (κ1) is 15.0. The first-order valence-corrected chi connectivity index (χ1v) is 10.1. The van der Waals surface area contributed by atoms with E-state index >= 15 is 0 Å². The fourth-order valence-electron chi connectivity index (χ4n) is 2.96. The summed E-state index contributed by atoms with van der Waals surface area (Å²) in [6, 6.07) is 0. The highest BCUT2D eigenvalue weighted by Crippen LogP contribution is 2.56. The van der Waals surface area contributed by atoms with Crippen LogP contribution >= 0.6 is 15.1 Å². The molecule has 0 atom stereocenters. The van der Waals surface area contributed by atoms with E-state index in [2.05, 4.69) is 55.4 Å². The van der Waals surface area contributed by atoms with Crippen molar-refractivity contribution in [2.24, 2.45) is 0 Å². The maximum atomic E-state index is 2.37. The maximum absolute atomic E-state index is 2.37. The SMILES string of the molecule is Cc1c(C)c(C)p(Cp2c(C)c(C)c(C)c2C)c1C. The summed E-state index contributed by atoms with van der Waals surface area (Å²) >= 11 is 0. The number of hydrogen-bond acceptors (Lipinski definition) is 0. The van der Waals surface area contributed by atoms with Gasteiger partial charge in [0.25, 0.3) is 0 Å². The fourth-order valence-corrected chi connectivity index (χ4v) is 10.8. The van der Waals surface area contributed by atoms with E-state index in [0.29, 0.717) is 0 Å². The maximum Gasteiger partial charge on any atom is 0.0256 e. The van der Waals surface area contributed by atoms with Gasteiger partial charge in [-0.2, -0.15) is 0 Å². The molecular formula is C17H26P2. The Kier molecular flexibility index (Phi) is 4.06. The van der Waals surface area contributed by atoms with Crippen LogP contribution in [-0.2, 0) is 5.90 Å². The molecule has 0 N–H and O–H groups in total. The Morgan fingerprint density at radius 2 is 0.684 bits per heavy atom. The molecule has 0 aliphatic carbocycles. The van der Waals surface area contributed by atoms with E-state index in [-0.39, 0.29) is 15.1 Å². The van der Waals surface area contributed by atoms with E-state index in [1.807, 2.05) is 0 Å². The van der Waals surface area contributed by atoms with Crippen molar-refractivity contribution in [2.75, 3.05) is 0 Å². The van der Waals surface area contributed by atoms with E-state index < -0.39 is 0 Å².